The lowest BCUT2D eigenvalue weighted by Crippen LogP contribution is -2.36. The fourth-order valence-electron chi connectivity index (χ4n) is 2.01. The van der Waals surface area contributed by atoms with Crippen LogP contribution in [0.3, 0.4) is 0 Å². The van der Waals surface area contributed by atoms with E-state index in [1.165, 1.54) is 0 Å². The molecule has 0 fully saturated rings. The first-order valence-corrected chi connectivity index (χ1v) is 9.17. The highest BCUT2D eigenvalue weighted by atomic mass is 79.9. The molecule has 0 aliphatic heterocycles. The fraction of sp³-hybridized carbons (Fsp3) is 0.412. The summed E-state index contributed by atoms with van der Waals surface area (Å²) in [6.45, 7) is 8.80. The van der Waals surface area contributed by atoms with Crippen LogP contribution in [0.4, 0.5) is 4.79 Å². The molecule has 2 amide bonds. The van der Waals surface area contributed by atoms with E-state index in [2.05, 4.69) is 52.3 Å². The van der Waals surface area contributed by atoms with Crippen molar-refractivity contribution in [2.75, 3.05) is 0 Å². The number of carbonyl (C=O) groups is 1. The van der Waals surface area contributed by atoms with Crippen LogP contribution in [-0.2, 0) is 12.0 Å². The second-order valence-electron chi connectivity index (χ2n) is 6.50. The number of carbonyl (C=O) groups excluding carboxylic acids is 1. The van der Waals surface area contributed by atoms with Gasteiger partial charge in [0.05, 0.1) is 23.3 Å². The number of urea groups is 1. The first kappa shape index (κ1) is 17.9. The van der Waals surface area contributed by atoms with Crippen LogP contribution in [-0.4, -0.2) is 11.0 Å². The summed E-state index contributed by atoms with van der Waals surface area (Å²) in [6, 6.07) is 7.66. The van der Waals surface area contributed by atoms with Crippen LogP contribution in [0.2, 0.25) is 0 Å². The Kier molecular flexibility index (Phi) is 5.81. The minimum absolute atomic E-state index is 0.0420. The first-order chi connectivity index (χ1) is 10.8. The van der Waals surface area contributed by atoms with Gasteiger partial charge < -0.3 is 10.6 Å². The van der Waals surface area contributed by atoms with Crippen molar-refractivity contribution in [1.82, 2.24) is 15.6 Å². The number of rotatable bonds is 4. The highest BCUT2D eigenvalue weighted by Crippen LogP contribution is 2.25. The molecule has 0 saturated carbocycles. The molecule has 1 aromatic carbocycles. The van der Waals surface area contributed by atoms with Crippen LogP contribution in [0.15, 0.2) is 34.1 Å². The van der Waals surface area contributed by atoms with Gasteiger partial charge in [0.1, 0.15) is 0 Å². The number of thiazole rings is 1. The van der Waals surface area contributed by atoms with Crippen molar-refractivity contribution >= 4 is 33.3 Å². The maximum atomic E-state index is 12.0. The maximum Gasteiger partial charge on any atom is 0.315 e. The summed E-state index contributed by atoms with van der Waals surface area (Å²) in [5.74, 6) is 0. The number of nitrogens with zero attached hydrogens (tertiary/aromatic N) is 1. The molecule has 0 spiro atoms. The summed E-state index contributed by atoms with van der Waals surface area (Å²) >= 11 is 5.07. The van der Waals surface area contributed by atoms with Gasteiger partial charge in [-0.05, 0) is 24.6 Å². The third kappa shape index (κ3) is 5.32. The minimum atomic E-state index is -0.192. The van der Waals surface area contributed by atoms with Gasteiger partial charge >= 0.3 is 6.03 Å². The summed E-state index contributed by atoms with van der Waals surface area (Å²) in [7, 11) is 0. The fourth-order valence-corrected chi connectivity index (χ4v) is 3.33. The molecular formula is C17H22BrN3OS. The Labute approximate surface area is 149 Å². The van der Waals surface area contributed by atoms with E-state index in [0.29, 0.717) is 6.54 Å². The Morgan fingerprint density at radius 1 is 1.39 bits per heavy atom. The largest absolute Gasteiger partial charge is 0.332 e. The van der Waals surface area contributed by atoms with Crippen molar-refractivity contribution < 1.29 is 4.79 Å². The summed E-state index contributed by atoms with van der Waals surface area (Å²) in [6.07, 6.45) is 0. The monoisotopic (exact) mass is 395 g/mol. The molecule has 2 N–H and O–H groups in total. The lowest BCUT2D eigenvalue weighted by atomic mass is 9.98. The Hall–Kier alpha value is -1.40. The molecule has 1 aromatic heterocycles. The van der Waals surface area contributed by atoms with Gasteiger partial charge in [0, 0.05) is 15.3 Å². The highest BCUT2D eigenvalue weighted by Gasteiger charge is 2.18. The second-order valence-corrected chi connectivity index (χ2v) is 8.27. The quantitative estimate of drug-likeness (QED) is 0.783. The topological polar surface area (TPSA) is 54.0 Å². The van der Waals surface area contributed by atoms with Crippen LogP contribution < -0.4 is 10.6 Å². The van der Waals surface area contributed by atoms with E-state index >= 15 is 0 Å². The number of halogens is 1. The molecule has 0 radical (unpaired) electrons. The average molecular weight is 396 g/mol. The van der Waals surface area contributed by atoms with Crippen LogP contribution in [0, 0.1) is 0 Å². The molecule has 0 aliphatic carbocycles. The van der Waals surface area contributed by atoms with Crippen molar-refractivity contribution in [2.45, 2.75) is 45.7 Å². The molecule has 23 heavy (non-hydrogen) atoms. The normalized spacial score (nSPS) is 12.7. The molecule has 0 bridgehead atoms. The molecule has 0 aliphatic rings. The van der Waals surface area contributed by atoms with Gasteiger partial charge in [-0.2, -0.15) is 0 Å². The van der Waals surface area contributed by atoms with Gasteiger partial charge in [-0.25, -0.2) is 9.78 Å². The zero-order valence-electron chi connectivity index (χ0n) is 13.8. The molecule has 1 heterocycles. The van der Waals surface area contributed by atoms with Crippen molar-refractivity contribution in [3.63, 3.8) is 0 Å². The first-order valence-electron chi connectivity index (χ1n) is 7.50. The molecule has 1 unspecified atom stereocenters. The number of aromatic nitrogens is 1. The van der Waals surface area contributed by atoms with Crippen molar-refractivity contribution in [2.24, 2.45) is 0 Å². The summed E-state index contributed by atoms with van der Waals surface area (Å²) < 4.78 is 1.00. The minimum Gasteiger partial charge on any atom is -0.332 e. The van der Waals surface area contributed by atoms with E-state index in [0.717, 1.165) is 20.7 Å². The lowest BCUT2D eigenvalue weighted by Gasteiger charge is -2.15. The van der Waals surface area contributed by atoms with Crippen molar-refractivity contribution in [1.29, 1.82) is 0 Å². The van der Waals surface area contributed by atoms with Crippen molar-refractivity contribution in [3.05, 3.63) is 50.4 Å². The maximum absolute atomic E-state index is 12.0. The van der Waals surface area contributed by atoms with Gasteiger partial charge in [0.15, 0.2) is 0 Å². The van der Waals surface area contributed by atoms with E-state index < -0.39 is 0 Å². The number of amides is 2. The molecule has 0 saturated heterocycles. The number of hydrogen-bond donors (Lipinski definition) is 2. The Bertz CT molecular complexity index is 678. The number of benzene rings is 1. The molecule has 124 valence electrons. The molecule has 6 heteroatoms. The zero-order valence-corrected chi connectivity index (χ0v) is 16.2. The van der Waals surface area contributed by atoms with Crippen LogP contribution in [0.1, 0.15) is 50.0 Å². The third-order valence-electron chi connectivity index (χ3n) is 3.32. The Balaban J connectivity index is 1.86. The van der Waals surface area contributed by atoms with Gasteiger partial charge in [-0.1, -0.05) is 48.8 Å². The summed E-state index contributed by atoms with van der Waals surface area (Å²) in [5, 5.41) is 8.88. The van der Waals surface area contributed by atoms with Crippen LogP contribution in [0.25, 0.3) is 0 Å². The number of hydrogen-bond acceptors (Lipinski definition) is 3. The zero-order chi connectivity index (χ0) is 17.0. The smallest absolute Gasteiger partial charge is 0.315 e. The standard InChI is InChI=1S/C17H22BrN3OS/c1-11(12-6-5-7-13(18)8-12)20-16(22)19-9-14-10-23-15(21-14)17(2,3)4/h5-8,10-11H,9H2,1-4H3,(H2,19,20,22). The molecule has 1 atom stereocenters. The van der Waals surface area contributed by atoms with E-state index in [-0.39, 0.29) is 17.5 Å². The van der Waals surface area contributed by atoms with E-state index in [1.54, 1.807) is 11.3 Å². The van der Waals surface area contributed by atoms with Crippen molar-refractivity contribution in [3.8, 4) is 0 Å². The predicted molar refractivity (Wildman–Crippen MR) is 98.7 cm³/mol. The molecule has 2 aromatic rings. The van der Waals surface area contributed by atoms with E-state index in [9.17, 15) is 4.79 Å². The Morgan fingerprint density at radius 3 is 2.74 bits per heavy atom. The Morgan fingerprint density at radius 2 is 2.13 bits per heavy atom. The summed E-state index contributed by atoms with van der Waals surface area (Å²) in [5.41, 5.74) is 1.99. The average Bonchev–Trinajstić information content (AvgIpc) is 2.94. The van der Waals surface area contributed by atoms with Crippen LogP contribution in [0.5, 0.6) is 0 Å². The molecule has 4 nitrogen and oxygen atoms in total. The summed E-state index contributed by atoms with van der Waals surface area (Å²) in [4.78, 5) is 16.6. The van der Waals surface area contributed by atoms with Gasteiger partial charge in [0.25, 0.3) is 0 Å². The third-order valence-corrected chi connectivity index (χ3v) is 5.13. The highest BCUT2D eigenvalue weighted by molar-refractivity contribution is 9.10. The lowest BCUT2D eigenvalue weighted by molar-refractivity contribution is 0.237. The second kappa shape index (κ2) is 7.45. The predicted octanol–water partition coefficient (Wildman–Crippen LogP) is 4.76. The van der Waals surface area contributed by atoms with E-state index in [1.807, 2.05) is 36.6 Å². The SMILES string of the molecule is CC(NC(=O)NCc1csc(C(C)(C)C)n1)c1cccc(Br)c1. The van der Waals surface area contributed by atoms with Gasteiger partial charge in [-0.15, -0.1) is 11.3 Å². The van der Waals surface area contributed by atoms with Gasteiger partial charge in [-0.3, -0.25) is 0 Å². The number of nitrogens with one attached hydrogen (secondary N) is 2. The van der Waals surface area contributed by atoms with E-state index in [4.69, 9.17) is 0 Å². The van der Waals surface area contributed by atoms with Crippen LogP contribution >= 0.6 is 27.3 Å². The molecule has 2 rings (SSSR count). The van der Waals surface area contributed by atoms with Gasteiger partial charge in [0.2, 0.25) is 0 Å². The molecular weight excluding hydrogens is 374 g/mol.